The van der Waals surface area contributed by atoms with Gasteiger partial charge in [0.15, 0.2) is 0 Å². The topological polar surface area (TPSA) is 74.6 Å². The minimum atomic E-state index is -0.784. The number of carbonyl (C=O) groups is 2. The molecule has 0 radical (unpaired) electrons. The summed E-state index contributed by atoms with van der Waals surface area (Å²) in [6.07, 6.45) is 13.1. The molecule has 0 aliphatic heterocycles. The first-order valence-electron chi connectivity index (χ1n) is 10.2. The van der Waals surface area contributed by atoms with Crippen LogP contribution in [0.5, 0.6) is 0 Å². The van der Waals surface area contributed by atoms with E-state index in [1.54, 1.807) is 0 Å². The van der Waals surface area contributed by atoms with Crippen molar-refractivity contribution in [1.82, 2.24) is 0 Å². The van der Waals surface area contributed by atoms with Crippen LogP contribution in [-0.4, -0.2) is 22.2 Å². The average Bonchev–Trinajstić information content (AvgIpc) is 2.59. The third-order valence-corrected chi connectivity index (χ3v) is 5.54. The van der Waals surface area contributed by atoms with Gasteiger partial charge in [-0.25, -0.2) is 0 Å². The fraction of sp³-hybridized carbons (Fsp3) is 0.810. The highest BCUT2D eigenvalue weighted by molar-refractivity contribution is 5.74. The highest BCUT2D eigenvalue weighted by Gasteiger charge is 2.33. The molecule has 144 valence electrons. The Labute approximate surface area is 152 Å². The Balaban J connectivity index is 2.92. The van der Waals surface area contributed by atoms with Crippen molar-refractivity contribution in [2.75, 3.05) is 0 Å². The molecule has 3 unspecified atom stereocenters. The van der Waals surface area contributed by atoms with Gasteiger partial charge in [-0.3, -0.25) is 9.59 Å². The van der Waals surface area contributed by atoms with Crippen molar-refractivity contribution >= 4 is 11.9 Å². The van der Waals surface area contributed by atoms with Gasteiger partial charge in [0.05, 0.1) is 11.8 Å². The van der Waals surface area contributed by atoms with Crippen molar-refractivity contribution in [3.05, 3.63) is 11.6 Å². The number of hydrogen-bond acceptors (Lipinski definition) is 2. The van der Waals surface area contributed by atoms with E-state index in [2.05, 4.69) is 19.9 Å². The Morgan fingerprint density at radius 2 is 1.72 bits per heavy atom. The molecule has 25 heavy (non-hydrogen) atoms. The summed E-state index contributed by atoms with van der Waals surface area (Å²) in [6.45, 7) is 4.20. The maximum Gasteiger partial charge on any atom is 0.310 e. The van der Waals surface area contributed by atoms with E-state index in [4.69, 9.17) is 0 Å². The predicted octanol–water partition coefficient (Wildman–Crippen LogP) is 5.67. The Morgan fingerprint density at radius 3 is 2.24 bits per heavy atom. The summed E-state index contributed by atoms with van der Waals surface area (Å²) in [5, 5.41) is 19.5. The van der Waals surface area contributed by atoms with E-state index >= 15 is 0 Å². The number of unbranched alkanes of at least 4 members (excludes halogenated alkanes) is 3. The molecule has 3 atom stereocenters. The van der Waals surface area contributed by atoms with Gasteiger partial charge >= 0.3 is 11.9 Å². The maximum absolute atomic E-state index is 11.9. The molecule has 1 aliphatic carbocycles. The number of carboxylic acids is 2. The van der Waals surface area contributed by atoms with Gasteiger partial charge in [0.2, 0.25) is 0 Å². The van der Waals surface area contributed by atoms with Gasteiger partial charge in [0, 0.05) is 0 Å². The van der Waals surface area contributed by atoms with Crippen LogP contribution in [0.1, 0.15) is 90.9 Å². The van der Waals surface area contributed by atoms with Gasteiger partial charge in [-0.15, -0.1) is 0 Å². The van der Waals surface area contributed by atoms with Crippen LogP contribution in [0.2, 0.25) is 0 Å². The molecule has 1 aliphatic rings. The van der Waals surface area contributed by atoms with Crippen molar-refractivity contribution in [2.45, 2.75) is 90.9 Å². The summed E-state index contributed by atoms with van der Waals surface area (Å²) in [4.78, 5) is 23.7. The van der Waals surface area contributed by atoms with Crippen molar-refractivity contribution in [1.29, 1.82) is 0 Å². The molecule has 0 aromatic carbocycles. The van der Waals surface area contributed by atoms with Crippen LogP contribution in [-0.2, 0) is 9.59 Å². The van der Waals surface area contributed by atoms with E-state index in [1.807, 2.05) is 0 Å². The number of hydrogen-bond donors (Lipinski definition) is 2. The van der Waals surface area contributed by atoms with Gasteiger partial charge in [-0.2, -0.15) is 0 Å². The monoisotopic (exact) mass is 352 g/mol. The van der Waals surface area contributed by atoms with Crippen LogP contribution in [0.4, 0.5) is 0 Å². The van der Waals surface area contributed by atoms with Crippen LogP contribution in [0.15, 0.2) is 11.6 Å². The zero-order chi connectivity index (χ0) is 18.7. The molecule has 2 N–H and O–H groups in total. The zero-order valence-electron chi connectivity index (χ0n) is 16.0. The molecule has 4 heteroatoms. The second-order valence-corrected chi connectivity index (χ2v) is 7.49. The normalized spacial score (nSPS) is 18.2. The Bertz CT molecular complexity index is 441. The van der Waals surface area contributed by atoms with E-state index in [-0.39, 0.29) is 5.92 Å². The van der Waals surface area contributed by atoms with E-state index < -0.39 is 23.8 Å². The summed E-state index contributed by atoms with van der Waals surface area (Å²) in [7, 11) is 0. The van der Waals surface area contributed by atoms with Gasteiger partial charge in [0.1, 0.15) is 0 Å². The minimum absolute atomic E-state index is 0.0421. The third kappa shape index (κ3) is 7.62. The lowest BCUT2D eigenvalue weighted by Gasteiger charge is -2.29. The minimum Gasteiger partial charge on any atom is -0.481 e. The highest BCUT2D eigenvalue weighted by Crippen LogP contribution is 2.35. The standard InChI is InChI=1S/C21H36O4/c1-3-5-8-13-17(18(20(22)23)14-6-4-2)15-19(21(24)25)16-11-9-7-10-12-16/h11,17-19H,3-10,12-15H2,1-2H3,(H,22,23)(H,24,25). The first-order chi connectivity index (χ1) is 12.0. The molecule has 0 saturated carbocycles. The molecule has 0 bridgehead atoms. The molecule has 0 fully saturated rings. The molecular formula is C21H36O4. The lowest BCUT2D eigenvalue weighted by molar-refractivity contribution is -0.147. The van der Waals surface area contributed by atoms with Crippen molar-refractivity contribution in [3.63, 3.8) is 0 Å². The predicted molar refractivity (Wildman–Crippen MR) is 101 cm³/mol. The van der Waals surface area contributed by atoms with Gasteiger partial charge in [0.25, 0.3) is 0 Å². The first-order valence-corrected chi connectivity index (χ1v) is 10.2. The summed E-state index contributed by atoms with van der Waals surface area (Å²) in [5.74, 6) is -2.50. The summed E-state index contributed by atoms with van der Waals surface area (Å²) in [6, 6.07) is 0. The van der Waals surface area contributed by atoms with Crippen LogP contribution < -0.4 is 0 Å². The fourth-order valence-corrected chi connectivity index (χ4v) is 4.02. The molecule has 0 heterocycles. The van der Waals surface area contributed by atoms with Crippen molar-refractivity contribution in [3.8, 4) is 0 Å². The average molecular weight is 353 g/mol. The van der Waals surface area contributed by atoms with E-state index in [1.165, 1.54) is 0 Å². The fourth-order valence-electron chi connectivity index (χ4n) is 4.02. The van der Waals surface area contributed by atoms with Gasteiger partial charge in [-0.05, 0) is 50.9 Å². The number of aliphatic carboxylic acids is 2. The van der Waals surface area contributed by atoms with E-state index in [0.29, 0.717) is 12.8 Å². The van der Waals surface area contributed by atoms with Gasteiger partial charge in [-0.1, -0.05) is 57.6 Å². The molecule has 0 saturated heterocycles. The SMILES string of the molecule is CCCCCC(CC(C(=O)O)C1=CCCCC1)C(CCCC)C(=O)O. The van der Waals surface area contributed by atoms with E-state index in [0.717, 1.165) is 69.8 Å². The molecule has 0 aromatic rings. The quantitative estimate of drug-likeness (QED) is 0.331. The smallest absolute Gasteiger partial charge is 0.310 e. The van der Waals surface area contributed by atoms with Crippen LogP contribution >= 0.6 is 0 Å². The number of carboxylic acid groups (broad SMARTS) is 2. The largest absolute Gasteiger partial charge is 0.481 e. The number of allylic oxidation sites excluding steroid dienone is 1. The van der Waals surface area contributed by atoms with Crippen LogP contribution in [0, 0.1) is 17.8 Å². The Morgan fingerprint density at radius 1 is 1.00 bits per heavy atom. The second kappa shape index (κ2) is 12.1. The Hall–Kier alpha value is -1.32. The second-order valence-electron chi connectivity index (χ2n) is 7.49. The Kier molecular flexibility index (Phi) is 10.5. The first kappa shape index (κ1) is 21.7. The third-order valence-electron chi connectivity index (χ3n) is 5.54. The summed E-state index contributed by atoms with van der Waals surface area (Å²) >= 11 is 0. The molecule has 1 rings (SSSR count). The lowest BCUT2D eigenvalue weighted by Crippen LogP contribution is -2.29. The van der Waals surface area contributed by atoms with Crippen molar-refractivity contribution < 1.29 is 19.8 Å². The van der Waals surface area contributed by atoms with Crippen LogP contribution in [0.3, 0.4) is 0 Å². The maximum atomic E-state index is 11.9. The molecule has 0 amide bonds. The van der Waals surface area contributed by atoms with Gasteiger partial charge < -0.3 is 10.2 Å². The van der Waals surface area contributed by atoms with Crippen LogP contribution in [0.25, 0.3) is 0 Å². The molecule has 0 spiro atoms. The summed E-state index contributed by atoms with van der Waals surface area (Å²) in [5.41, 5.74) is 1.03. The summed E-state index contributed by atoms with van der Waals surface area (Å²) < 4.78 is 0. The zero-order valence-corrected chi connectivity index (χ0v) is 16.0. The lowest BCUT2D eigenvalue weighted by atomic mass is 9.75. The van der Waals surface area contributed by atoms with E-state index in [9.17, 15) is 19.8 Å². The molecule has 4 nitrogen and oxygen atoms in total. The number of rotatable bonds is 13. The highest BCUT2D eigenvalue weighted by atomic mass is 16.4. The van der Waals surface area contributed by atoms with Crippen molar-refractivity contribution in [2.24, 2.45) is 17.8 Å². The molecule has 0 aromatic heterocycles. The molecular weight excluding hydrogens is 316 g/mol.